The first kappa shape index (κ1) is 35.9. The van der Waals surface area contributed by atoms with Crippen LogP contribution in [0.5, 0.6) is 0 Å². The normalized spacial score (nSPS) is 2.25. The molecule has 0 amide bonds. The zero-order chi connectivity index (χ0) is 6.00. The van der Waals surface area contributed by atoms with Crippen LogP contribution >= 0.6 is 23.7 Å². The van der Waals surface area contributed by atoms with E-state index in [0.717, 1.165) is 20.4 Å². The Balaban J connectivity index is -0.00000000500. The Hall–Kier alpha value is 1.01. The van der Waals surface area contributed by atoms with Gasteiger partial charge in [-0.25, -0.2) is 0 Å². The predicted molar refractivity (Wildman–Crippen MR) is 29.7 cm³/mol. The summed E-state index contributed by atoms with van der Waals surface area (Å²) in [5.74, 6) is 0. The molecule has 0 heterocycles. The Kier molecular flexibility index (Phi) is 1720. The quantitative estimate of drug-likeness (QED) is 0.452. The van der Waals surface area contributed by atoms with Gasteiger partial charge in [0.2, 0.25) is 0 Å². The van der Waals surface area contributed by atoms with Crippen LogP contribution in [0.3, 0.4) is 0 Å². The molecule has 0 aromatic heterocycles. The first-order valence-electron chi connectivity index (χ1n) is 0.542. The standard InChI is InChI=1S/2CH3.2ClHO.O.Ti/c;;2*1-2;;/h2*1H3;2*2H;;/q2*-1;;;;+2. The van der Waals surface area contributed by atoms with Crippen molar-refractivity contribution < 1.29 is 33.0 Å². The number of hydrogen-bond acceptors (Lipinski definition) is 3. The molecule has 0 atom stereocenters. The molecule has 52 valence electrons. The van der Waals surface area contributed by atoms with Crippen LogP contribution in [-0.4, -0.2) is 9.32 Å². The second kappa shape index (κ2) is 383. The van der Waals surface area contributed by atoms with Gasteiger partial charge in [0.15, 0.2) is 0 Å². The number of hydrogen-bond donors (Lipinski definition) is 2. The van der Waals surface area contributed by atoms with E-state index in [0.29, 0.717) is 0 Å². The molecular weight excluding hydrogens is 191 g/mol. The molecule has 0 aliphatic heterocycles. The van der Waals surface area contributed by atoms with Gasteiger partial charge in [0.1, 0.15) is 0 Å². The van der Waals surface area contributed by atoms with Crippen molar-refractivity contribution in [1.29, 1.82) is 0 Å². The second-order valence-corrected chi connectivity index (χ2v) is 0. The third-order valence-electron chi connectivity index (χ3n) is 0. The Morgan fingerprint density at radius 2 is 0.875 bits per heavy atom. The molecule has 0 fully saturated rings. The van der Waals surface area contributed by atoms with Crippen molar-refractivity contribution in [2.24, 2.45) is 0 Å². The van der Waals surface area contributed by atoms with Crippen LogP contribution in [0.4, 0.5) is 0 Å². The van der Waals surface area contributed by atoms with Crippen molar-refractivity contribution >= 4 is 23.7 Å². The van der Waals surface area contributed by atoms with E-state index in [-0.39, 0.29) is 14.9 Å². The minimum absolute atomic E-state index is 0. The summed E-state index contributed by atoms with van der Waals surface area (Å²) in [6.45, 7) is 0. The zero-order valence-electron chi connectivity index (χ0n) is 4.56. The van der Waals surface area contributed by atoms with E-state index >= 15 is 0 Å². The molecule has 0 rings (SSSR count). The van der Waals surface area contributed by atoms with E-state index in [4.69, 9.17) is 12.6 Å². The number of halogens is 2. The Morgan fingerprint density at radius 3 is 0.875 bits per heavy atom. The summed E-state index contributed by atoms with van der Waals surface area (Å²) < 4.78 is 21.2. The minimum atomic E-state index is 0. The summed E-state index contributed by atoms with van der Waals surface area (Å²) in [6.07, 6.45) is 0. The summed E-state index contributed by atoms with van der Waals surface area (Å²) in [4.78, 5) is 0. The average molecular weight is 199 g/mol. The molecule has 8 heavy (non-hydrogen) atoms. The molecule has 0 aromatic carbocycles. The monoisotopic (exact) mass is 198 g/mol. The van der Waals surface area contributed by atoms with Crippen molar-refractivity contribution in [2.45, 2.75) is 0 Å². The molecule has 0 aliphatic carbocycles. The summed E-state index contributed by atoms with van der Waals surface area (Å²) in [7, 11) is 0. The van der Waals surface area contributed by atoms with Gasteiger partial charge in [-0.2, -0.15) is 0 Å². The van der Waals surface area contributed by atoms with Crippen LogP contribution in [0.2, 0.25) is 0 Å². The van der Waals surface area contributed by atoms with Crippen molar-refractivity contribution in [2.75, 3.05) is 0 Å². The maximum atomic E-state index is 8.25. The van der Waals surface area contributed by atoms with E-state index in [1.54, 1.807) is 0 Å². The van der Waals surface area contributed by atoms with E-state index in [9.17, 15) is 0 Å². The fraction of sp³-hybridized carbons (Fsp3) is 0. The Morgan fingerprint density at radius 1 is 0.875 bits per heavy atom. The molecule has 0 radical (unpaired) electrons. The topological polar surface area (TPSA) is 57.5 Å². The summed E-state index contributed by atoms with van der Waals surface area (Å²) in [5, 5.41) is 0. The fourth-order valence-electron chi connectivity index (χ4n) is 0. The first-order chi connectivity index (χ1) is 3.00. The van der Waals surface area contributed by atoms with Crippen LogP contribution in [0.15, 0.2) is 0 Å². The molecule has 0 unspecified atom stereocenters. The fourth-order valence-corrected chi connectivity index (χ4v) is 0. The van der Waals surface area contributed by atoms with Crippen LogP contribution in [0, 0.1) is 14.9 Å². The van der Waals surface area contributed by atoms with Gasteiger partial charge in [-0.1, -0.05) is 0 Å². The Bertz CT molecular complexity index is 15.2. The van der Waals surface area contributed by atoms with Gasteiger partial charge in [0.05, 0.1) is 23.7 Å². The van der Waals surface area contributed by atoms with Crippen LogP contribution in [-0.2, 0) is 23.7 Å². The molecule has 0 aliphatic rings. The van der Waals surface area contributed by atoms with E-state index in [1.807, 2.05) is 0 Å². The summed E-state index contributed by atoms with van der Waals surface area (Å²) >= 11 is 8.03. The van der Waals surface area contributed by atoms with Crippen molar-refractivity contribution in [3.05, 3.63) is 14.9 Å². The Labute approximate surface area is 71.7 Å². The third-order valence-corrected chi connectivity index (χ3v) is 0. The van der Waals surface area contributed by atoms with Crippen molar-refractivity contribution in [3.8, 4) is 0 Å². The molecule has 0 bridgehead atoms. The van der Waals surface area contributed by atoms with E-state index in [2.05, 4.69) is 23.7 Å². The summed E-state index contributed by atoms with van der Waals surface area (Å²) in [5.41, 5.74) is 0. The molecule has 3 nitrogen and oxygen atoms in total. The molecule has 6 heteroatoms. The van der Waals surface area contributed by atoms with Gasteiger partial charge in [-0.15, -0.1) is 0 Å². The van der Waals surface area contributed by atoms with Crippen molar-refractivity contribution in [1.82, 2.24) is 0 Å². The molecule has 0 saturated heterocycles. The van der Waals surface area contributed by atoms with Gasteiger partial charge < -0.3 is 14.9 Å². The van der Waals surface area contributed by atoms with Crippen LogP contribution in [0.25, 0.3) is 0 Å². The molecule has 2 N–H and O–H groups in total. The predicted octanol–water partition coefficient (Wildman–Crippen LogP) is 1.04. The van der Waals surface area contributed by atoms with Gasteiger partial charge in [0, 0.05) is 0 Å². The SMILES string of the molecule is OCl.OCl.[CH3-].[CH3-].[O]=[Ti+2]. The molecule has 0 saturated carbocycles. The molecule has 0 spiro atoms. The molecule has 0 aromatic rings. The average Bonchev–Trinajstić information content (AvgIpc) is 1.81. The summed E-state index contributed by atoms with van der Waals surface area (Å²) in [6, 6.07) is 0. The number of rotatable bonds is 0. The maximum absolute atomic E-state index is 8.25. The van der Waals surface area contributed by atoms with Crippen molar-refractivity contribution in [3.63, 3.8) is 0 Å². The second-order valence-electron chi connectivity index (χ2n) is 0. The molecular formula is C2H8Cl2O3Ti. The van der Waals surface area contributed by atoms with Crippen LogP contribution < -0.4 is 0 Å². The zero-order valence-corrected chi connectivity index (χ0v) is 7.63. The van der Waals surface area contributed by atoms with Gasteiger partial charge in [-0.3, -0.25) is 9.32 Å². The van der Waals surface area contributed by atoms with Gasteiger partial charge >= 0.3 is 23.7 Å². The first-order valence-corrected chi connectivity index (χ1v) is 1.86. The third kappa shape index (κ3) is 247. The van der Waals surface area contributed by atoms with E-state index < -0.39 is 0 Å². The van der Waals surface area contributed by atoms with Crippen LogP contribution in [0.1, 0.15) is 0 Å². The van der Waals surface area contributed by atoms with E-state index in [1.165, 1.54) is 0 Å². The van der Waals surface area contributed by atoms with Gasteiger partial charge in [-0.05, 0) is 0 Å². The van der Waals surface area contributed by atoms with Gasteiger partial charge in [0.25, 0.3) is 0 Å².